The summed E-state index contributed by atoms with van der Waals surface area (Å²) in [7, 11) is -0.429. The van der Waals surface area contributed by atoms with Gasteiger partial charge in [-0.25, -0.2) is 0 Å². The maximum absolute atomic E-state index is 2.40. The molecule has 0 saturated carbocycles. The van der Waals surface area contributed by atoms with Gasteiger partial charge in [0.05, 0.1) is 0 Å². The number of hydrogen-bond donors (Lipinski definition) is 0. The van der Waals surface area contributed by atoms with Crippen molar-refractivity contribution in [2.24, 2.45) is 0 Å². The Bertz CT molecular complexity index is 750. The zero-order chi connectivity index (χ0) is 17.1. The quantitative estimate of drug-likeness (QED) is 0.390. The van der Waals surface area contributed by atoms with Gasteiger partial charge in [-0.3, -0.25) is 0 Å². The van der Waals surface area contributed by atoms with E-state index in [1.165, 1.54) is 38.8 Å². The van der Waals surface area contributed by atoms with Crippen LogP contribution in [0.2, 0.25) is 0 Å². The molecule has 2 heteroatoms. The molecular weight excluding hydrogens is 314 g/mol. The van der Waals surface area contributed by atoms with Gasteiger partial charge in [-0.05, 0) is 43.9 Å². The van der Waals surface area contributed by atoms with Crippen LogP contribution < -0.4 is 24.2 Å². The minimum absolute atomic E-state index is 0. The minimum atomic E-state index is -0.429. The van der Waals surface area contributed by atoms with Crippen molar-refractivity contribution in [3.05, 3.63) is 106 Å². The molecule has 3 aromatic carbocycles. The van der Waals surface area contributed by atoms with Crippen molar-refractivity contribution in [2.45, 2.75) is 20.8 Å². The monoisotopic (exact) mass is 338 g/mol. The van der Waals surface area contributed by atoms with Gasteiger partial charge < -0.3 is 0 Å². The predicted octanol–water partition coefficient (Wildman–Crippen LogP) is 2.98. The van der Waals surface area contributed by atoms with E-state index in [2.05, 4.69) is 100 Å². The molecule has 0 spiro atoms. The first-order valence-electron chi connectivity index (χ1n) is 8.37. The number of benzene rings is 3. The van der Waals surface area contributed by atoms with Gasteiger partial charge in [0.2, 0.25) is 0 Å². The Morgan fingerprint density at radius 2 is 1.08 bits per heavy atom. The van der Waals surface area contributed by atoms with Crippen molar-refractivity contribution in [2.75, 3.05) is 6.66 Å². The number of hydrogen-bond acceptors (Lipinski definition) is 0. The zero-order valence-electron chi connectivity index (χ0n) is 15.9. The minimum Gasteiger partial charge on any atom is -0.118 e. The molecule has 0 aromatic heterocycles. The molecular formula is C23H24LiP. The Balaban J connectivity index is 0.00000225. The van der Waals surface area contributed by atoms with Crippen molar-refractivity contribution < 1.29 is 18.9 Å². The Kier molecular flexibility index (Phi) is 6.98. The second-order valence-corrected chi connectivity index (χ2v) is 8.40. The molecule has 0 radical (unpaired) electrons. The second kappa shape index (κ2) is 8.78. The van der Waals surface area contributed by atoms with Crippen LogP contribution in [0, 0.1) is 26.4 Å². The van der Waals surface area contributed by atoms with E-state index >= 15 is 0 Å². The van der Waals surface area contributed by atoms with Gasteiger partial charge in [0, 0.05) is 0 Å². The van der Waals surface area contributed by atoms with Gasteiger partial charge >= 0.3 is 18.9 Å². The molecule has 0 bridgehead atoms. The summed E-state index contributed by atoms with van der Waals surface area (Å²) in [5, 5.41) is 1.51. The van der Waals surface area contributed by atoms with E-state index in [9.17, 15) is 0 Å². The summed E-state index contributed by atoms with van der Waals surface area (Å²) in [6.07, 6.45) is 0. The van der Waals surface area contributed by atoms with Gasteiger partial charge in [0.1, 0.15) is 0 Å². The molecule has 122 valence electrons. The summed E-state index contributed by atoms with van der Waals surface area (Å²) in [4.78, 5) is 0. The fraction of sp³-hybridized carbons (Fsp3) is 0.174. The van der Waals surface area contributed by atoms with E-state index in [0.29, 0.717) is 0 Å². The molecule has 0 aliphatic heterocycles. The van der Waals surface area contributed by atoms with Crippen LogP contribution >= 0.6 is 7.92 Å². The van der Waals surface area contributed by atoms with Gasteiger partial charge in [-0.1, -0.05) is 67.7 Å². The number of rotatable bonds is 4. The summed E-state index contributed by atoms with van der Waals surface area (Å²) in [6.45, 7) is 9.08. The van der Waals surface area contributed by atoms with Crippen molar-refractivity contribution in [3.8, 4) is 0 Å². The maximum Gasteiger partial charge on any atom is 1.00 e. The Morgan fingerprint density at radius 3 is 1.48 bits per heavy atom. The summed E-state index contributed by atoms with van der Waals surface area (Å²) < 4.78 is 0. The van der Waals surface area contributed by atoms with E-state index < -0.39 is 7.92 Å². The fourth-order valence-electron chi connectivity index (χ4n) is 3.56. The second-order valence-electron chi connectivity index (χ2n) is 6.39. The molecule has 0 aliphatic carbocycles. The van der Waals surface area contributed by atoms with E-state index in [1.807, 2.05) is 0 Å². The third-order valence-electron chi connectivity index (χ3n) is 4.40. The van der Waals surface area contributed by atoms with E-state index in [-0.39, 0.29) is 18.9 Å². The normalized spacial score (nSPS) is 11.5. The molecule has 1 unspecified atom stereocenters. The molecule has 3 aromatic rings. The van der Waals surface area contributed by atoms with Gasteiger partial charge in [0.25, 0.3) is 0 Å². The van der Waals surface area contributed by atoms with Crippen LogP contribution in [0.5, 0.6) is 0 Å². The maximum atomic E-state index is 2.40. The van der Waals surface area contributed by atoms with Gasteiger partial charge in [-0.15, -0.1) is 35.4 Å². The van der Waals surface area contributed by atoms with E-state index in [0.717, 1.165) is 0 Å². The van der Waals surface area contributed by atoms with Crippen molar-refractivity contribution >= 4 is 13.2 Å². The van der Waals surface area contributed by atoms with Gasteiger partial charge in [0.15, 0.2) is 0 Å². The molecule has 0 fully saturated rings. The Labute approximate surface area is 165 Å². The Morgan fingerprint density at radius 1 is 0.680 bits per heavy atom. The van der Waals surface area contributed by atoms with Crippen LogP contribution in [0.3, 0.4) is 0 Å². The SMILES string of the molecule is Cc1cc(C)c(P(C)[C-](c2ccccc2)c2ccccc2)c(C)c1.[Li+]. The molecule has 25 heavy (non-hydrogen) atoms. The first kappa shape index (κ1) is 19.9. The summed E-state index contributed by atoms with van der Waals surface area (Å²) >= 11 is 0. The third kappa shape index (κ3) is 4.40. The smallest absolute Gasteiger partial charge is 0.118 e. The number of aryl methyl sites for hydroxylation is 3. The van der Waals surface area contributed by atoms with Crippen LogP contribution in [0.25, 0.3) is 0 Å². The zero-order valence-corrected chi connectivity index (χ0v) is 16.8. The molecule has 0 aliphatic rings. The first-order valence-corrected chi connectivity index (χ1v) is 10.2. The molecule has 0 heterocycles. The van der Waals surface area contributed by atoms with Crippen LogP contribution in [0.4, 0.5) is 0 Å². The van der Waals surface area contributed by atoms with Gasteiger partial charge in [-0.2, -0.15) is 0 Å². The van der Waals surface area contributed by atoms with Crippen LogP contribution in [-0.4, -0.2) is 6.66 Å². The van der Waals surface area contributed by atoms with Crippen LogP contribution in [-0.2, 0) is 0 Å². The standard InChI is InChI=1S/C23H24P.Li/c1-17-15-18(2)22(19(3)16-17)24(4)23(20-11-7-5-8-12-20)21-13-9-6-10-14-21;/h5-16H,1-4H3;/q-1;+1. The van der Waals surface area contributed by atoms with E-state index in [1.54, 1.807) is 0 Å². The molecule has 0 saturated heterocycles. The van der Waals surface area contributed by atoms with Crippen molar-refractivity contribution in [1.82, 2.24) is 0 Å². The topological polar surface area (TPSA) is 0 Å². The summed E-state index contributed by atoms with van der Waals surface area (Å²) in [5.41, 5.74) is 8.28. The third-order valence-corrected chi connectivity index (χ3v) is 6.96. The molecule has 0 nitrogen and oxygen atoms in total. The van der Waals surface area contributed by atoms with Crippen LogP contribution in [0.1, 0.15) is 27.8 Å². The molecule has 1 atom stereocenters. The van der Waals surface area contributed by atoms with Crippen LogP contribution in [0.15, 0.2) is 72.8 Å². The largest absolute Gasteiger partial charge is 1.00 e. The average Bonchev–Trinajstić information content (AvgIpc) is 2.56. The summed E-state index contributed by atoms with van der Waals surface area (Å²) in [5.74, 6) is 0. The van der Waals surface area contributed by atoms with E-state index in [4.69, 9.17) is 0 Å². The first-order chi connectivity index (χ1) is 11.6. The molecule has 0 amide bonds. The average molecular weight is 338 g/mol. The molecule has 0 N–H and O–H groups in total. The van der Waals surface area contributed by atoms with Crippen molar-refractivity contribution in [1.29, 1.82) is 0 Å². The Hall–Kier alpha value is -1.44. The predicted molar refractivity (Wildman–Crippen MR) is 107 cm³/mol. The van der Waals surface area contributed by atoms with Crippen molar-refractivity contribution in [3.63, 3.8) is 0 Å². The summed E-state index contributed by atoms with van der Waals surface area (Å²) in [6, 6.07) is 26.3. The fourth-order valence-corrected chi connectivity index (χ4v) is 6.04. The molecule has 3 rings (SSSR count).